The van der Waals surface area contributed by atoms with E-state index >= 15 is 0 Å². The number of aliphatic imine (C=N–C) groups is 1. The summed E-state index contributed by atoms with van der Waals surface area (Å²) in [6, 6.07) is 24.1. The third kappa shape index (κ3) is 3.20. The molecule has 168 valence electrons. The molecule has 0 unspecified atom stereocenters. The lowest BCUT2D eigenvalue weighted by Gasteiger charge is -2.24. The monoisotopic (exact) mass is 471 g/mol. The summed E-state index contributed by atoms with van der Waals surface area (Å²) in [7, 11) is 0. The number of aromatic carboxylic acids is 1. The maximum atomic E-state index is 13.4. The van der Waals surface area contributed by atoms with Gasteiger partial charge >= 0.3 is 11.7 Å². The molecule has 1 aliphatic heterocycles. The molecule has 3 aromatic carbocycles. The van der Waals surface area contributed by atoms with Gasteiger partial charge in [0.25, 0.3) is 5.91 Å². The molecule has 0 fully saturated rings. The van der Waals surface area contributed by atoms with Crippen LogP contribution in [0.25, 0.3) is 5.69 Å². The average Bonchev–Trinajstić information content (AvgIpc) is 3.36. The van der Waals surface area contributed by atoms with Crippen molar-refractivity contribution in [2.45, 2.75) is 5.54 Å². The van der Waals surface area contributed by atoms with Crippen LogP contribution < -0.4 is 11.0 Å². The fourth-order valence-electron chi connectivity index (χ4n) is 4.04. The Hall–Kier alpha value is -4.57. The van der Waals surface area contributed by atoms with Crippen LogP contribution in [0.1, 0.15) is 21.5 Å². The van der Waals surface area contributed by atoms with Crippen LogP contribution in [0.3, 0.4) is 0 Å². The molecule has 0 aliphatic carbocycles. The smallest absolute Gasteiger partial charge is 0.347 e. The van der Waals surface area contributed by atoms with E-state index in [1.807, 2.05) is 36.4 Å². The fourth-order valence-corrected chi connectivity index (χ4v) is 4.35. The number of carbonyl (C=O) groups excluding carboxylic acids is 1. The number of carboxylic acid groups (broad SMARTS) is 1. The molecule has 1 amide bonds. The number of nitrogens with zero attached hydrogens (tertiary/aromatic N) is 3. The van der Waals surface area contributed by atoms with E-state index in [-0.39, 0.29) is 22.0 Å². The van der Waals surface area contributed by atoms with Crippen molar-refractivity contribution in [3.63, 3.8) is 0 Å². The molecule has 1 aromatic heterocycles. The summed E-state index contributed by atoms with van der Waals surface area (Å²) in [6.45, 7) is 0. The Morgan fingerprint density at radius 3 is 2.03 bits per heavy atom. The normalized spacial score (nSPS) is 14.5. The summed E-state index contributed by atoms with van der Waals surface area (Å²) in [5.74, 6) is -1.60. The summed E-state index contributed by atoms with van der Waals surface area (Å²) >= 11 is 5.49. The van der Waals surface area contributed by atoms with Gasteiger partial charge in [-0.05, 0) is 35.5 Å². The molecule has 10 heteroatoms. The van der Waals surface area contributed by atoms with Crippen molar-refractivity contribution in [3.05, 3.63) is 117 Å². The first-order valence-corrected chi connectivity index (χ1v) is 10.6. The van der Waals surface area contributed by atoms with E-state index in [9.17, 15) is 19.5 Å². The van der Waals surface area contributed by atoms with Gasteiger partial charge < -0.3 is 5.11 Å². The summed E-state index contributed by atoms with van der Waals surface area (Å²) < 4.78 is 2.15. The molecule has 0 radical (unpaired) electrons. The van der Waals surface area contributed by atoms with E-state index in [0.29, 0.717) is 11.1 Å². The van der Waals surface area contributed by atoms with Crippen molar-refractivity contribution in [1.29, 1.82) is 0 Å². The number of benzene rings is 3. The van der Waals surface area contributed by atoms with Gasteiger partial charge in [0.1, 0.15) is 0 Å². The molecular formula is C24H17N5O4S. The summed E-state index contributed by atoms with van der Waals surface area (Å²) in [5.41, 5.74) is -0.793. The third-order valence-corrected chi connectivity index (χ3v) is 5.96. The van der Waals surface area contributed by atoms with Crippen LogP contribution in [0.5, 0.6) is 0 Å². The predicted octanol–water partition coefficient (Wildman–Crippen LogP) is 2.67. The standard InChI is InChI=1S/C24H17N5O4S/c30-19(31)17-13-7-8-14-18(17)28-22(33)27-29(23(28)34)21-25-20(32)24(26-21,15-9-3-1-4-10-15)16-11-5-2-6-12-16/h1-14H,(H,27,33)(H,30,31)(H,25,26,32). The Morgan fingerprint density at radius 2 is 1.44 bits per heavy atom. The van der Waals surface area contributed by atoms with Crippen LogP contribution >= 0.6 is 12.2 Å². The van der Waals surface area contributed by atoms with E-state index < -0.39 is 23.1 Å². The van der Waals surface area contributed by atoms with Crippen molar-refractivity contribution < 1.29 is 14.7 Å². The maximum absolute atomic E-state index is 13.4. The number of nitrogens with one attached hydrogen (secondary N) is 2. The first-order valence-electron chi connectivity index (χ1n) is 10.2. The predicted molar refractivity (Wildman–Crippen MR) is 127 cm³/mol. The Bertz CT molecular complexity index is 1530. The number of aromatic amines is 1. The second-order valence-electron chi connectivity index (χ2n) is 7.52. The molecule has 4 aromatic rings. The zero-order valence-corrected chi connectivity index (χ0v) is 18.3. The number of hydrogen-bond donors (Lipinski definition) is 3. The van der Waals surface area contributed by atoms with Crippen molar-refractivity contribution >= 4 is 30.1 Å². The molecule has 0 saturated carbocycles. The Balaban J connectivity index is 1.72. The molecule has 1 aliphatic rings. The van der Waals surface area contributed by atoms with Crippen LogP contribution in [0.15, 0.2) is 94.7 Å². The van der Waals surface area contributed by atoms with Crippen LogP contribution in [0.4, 0.5) is 0 Å². The molecule has 2 heterocycles. The van der Waals surface area contributed by atoms with Gasteiger partial charge in [-0.15, -0.1) is 0 Å². The zero-order valence-electron chi connectivity index (χ0n) is 17.5. The van der Waals surface area contributed by atoms with Gasteiger partial charge in [0.2, 0.25) is 10.7 Å². The van der Waals surface area contributed by atoms with Gasteiger partial charge in [-0.3, -0.25) is 10.1 Å². The number of amides is 1. The van der Waals surface area contributed by atoms with Crippen LogP contribution in [0.2, 0.25) is 0 Å². The molecule has 9 nitrogen and oxygen atoms in total. The Labute approximate surface area is 197 Å². The maximum Gasteiger partial charge on any atom is 0.347 e. The van der Waals surface area contributed by atoms with E-state index in [1.165, 1.54) is 16.8 Å². The summed E-state index contributed by atoms with van der Waals surface area (Å²) in [4.78, 5) is 42.7. The quantitative estimate of drug-likeness (QED) is 0.395. The number of carbonyl (C=O) groups is 2. The average molecular weight is 471 g/mol. The Morgan fingerprint density at radius 1 is 0.882 bits per heavy atom. The SMILES string of the molecule is O=C(O)c1ccccc1-n1c(=O)[nH]n(C2=NC(c3ccccc3)(c3ccccc3)C(=O)N2)c1=S. The van der Waals surface area contributed by atoms with Gasteiger partial charge in [-0.25, -0.2) is 24.2 Å². The number of rotatable bonds is 4. The van der Waals surface area contributed by atoms with Crippen molar-refractivity contribution in [1.82, 2.24) is 19.7 Å². The highest BCUT2D eigenvalue weighted by molar-refractivity contribution is 7.71. The van der Waals surface area contributed by atoms with Crippen molar-refractivity contribution in [2.75, 3.05) is 0 Å². The minimum atomic E-state index is -1.40. The van der Waals surface area contributed by atoms with Gasteiger partial charge in [0, 0.05) is 0 Å². The van der Waals surface area contributed by atoms with Crippen molar-refractivity contribution in [3.8, 4) is 5.69 Å². The molecule has 34 heavy (non-hydrogen) atoms. The van der Waals surface area contributed by atoms with Gasteiger partial charge in [-0.1, -0.05) is 72.8 Å². The number of hydrogen-bond acceptors (Lipinski definition) is 5. The summed E-state index contributed by atoms with van der Waals surface area (Å²) in [6.07, 6.45) is 0. The van der Waals surface area contributed by atoms with Crippen LogP contribution in [-0.2, 0) is 10.3 Å². The van der Waals surface area contributed by atoms with Gasteiger partial charge in [-0.2, -0.15) is 4.68 Å². The minimum Gasteiger partial charge on any atom is -0.478 e. The Kier molecular flexibility index (Phi) is 5.06. The highest BCUT2D eigenvalue weighted by atomic mass is 32.1. The van der Waals surface area contributed by atoms with E-state index in [4.69, 9.17) is 17.2 Å². The van der Waals surface area contributed by atoms with Gasteiger partial charge in [0.15, 0.2) is 5.54 Å². The highest BCUT2D eigenvalue weighted by Crippen LogP contribution is 2.37. The first kappa shape index (κ1) is 21.3. The molecule has 0 saturated heterocycles. The summed E-state index contributed by atoms with van der Waals surface area (Å²) in [5, 5.41) is 14.8. The fraction of sp³-hybridized carbons (Fsp3) is 0.0417. The second-order valence-corrected chi connectivity index (χ2v) is 7.89. The lowest BCUT2D eigenvalue weighted by atomic mass is 9.83. The highest BCUT2D eigenvalue weighted by Gasteiger charge is 2.47. The van der Waals surface area contributed by atoms with E-state index in [2.05, 4.69) is 10.4 Å². The first-order chi connectivity index (χ1) is 16.4. The largest absolute Gasteiger partial charge is 0.478 e. The molecule has 0 atom stereocenters. The zero-order chi connectivity index (χ0) is 23.9. The topological polar surface area (TPSA) is 121 Å². The molecule has 5 rings (SSSR count). The molecule has 0 bridgehead atoms. The van der Waals surface area contributed by atoms with E-state index in [1.54, 1.807) is 36.4 Å². The minimum absolute atomic E-state index is 0.0198. The number of H-pyrrole nitrogens is 1. The molecule has 3 N–H and O–H groups in total. The third-order valence-electron chi connectivity index (χ3n) is 5.59. The molecular weight excluding hydrogens is 454 g/mol. The van der Waals surface area contributed by atoms with Crippen molar-refractivity contribution in [2.24, 2.45) is 4.99 Å². The number of para-hydroxylation sites is 1. The lowest BCUT2D eigenvalue weighted by molar-refractivity contribution is -0.122. The van der Waals surface area contributed by atoms with Gasteiger partial charge in [0.05, 0.1) is 11.3 Å². The van der Waals surface area contributed by atoms with Crippen LogP contribution in [0, 0.1) is 4.77 Å². The molecule has 0 spiro atoms. The lowest BCUT2D eigenvalue weighted by Crippen LogP contribution is -2.39. The number of carboxylic acids is 1. The van der Waals surface area contributed by atoms with E-state index in [0.717, 1.165) is 4.57 Å². The number of aromatic nitrogens is 3. The second kappa shape index (κ2) is 8.09. The van der Waals surface area contributed by atoms with Crippen LogP contribution in [-0.4, -0.2) is 37.3 Å².